The first-order chi connectivity index (χ1) is 9.19. The lowest BCUT2D eigenvalue weighted by Crippen LogP contribution is -2.04. The maximum absolute atomic E-state index is 10.8. The number of anilines is 2. The molecule has 0 atom stereocenters. The first-order valence-electron chi connectivity index (χ1n) is 5.74. The second kappa shape index (κ2) is 5.81. The van der Waals surface area contributed by atoms with Crippen LogP contribution in [0.15, 0.2) is 36.7 Å². The molecule has 0 amide bonds. The predicted molar refractivity (Wildman–Crippen MR) is 69.9 cm³/mol. The summed E-state index contributed by atoms with van der Waals surface area (Å²) in [5.41, 5.74) is 0.647. The van der Waals surface area contributed by atoms with E-state index in [0.29, 0.717) is 12.4 Å². The number of aromatic carboxylic acids is 1. The van der Waals surface area contributed by atoms with Gasteiger partial charge in [-0.25, -0.2) is 9.78 Å². The Morgan fingerprint density at radius 2 is 2.26 bits per heavy atom. The minimum atomic E-state index is -1.11. The highest BCUT2D eigenvalue weighted by Crippen LogP contribution is 2.20. The van der Waals surface area contributed by atoms with Gasteiger partial charge in [0, 0.05) is 11.8 Å². The van der Waals surface area contributed by atoms with Crippen LogP contribution < -0.4 is 10.1 Å². The van der Waals surface area contributed by atoms with Crippen molar-refractivity contribution in [2.75, 3.05) is 11.9 Å². The van der Waals surface area contributed by atoms with Crippen molar-refractivity contribution in [3.63, 3.8) is 0 Å². The van der Waals surface area contributed by atoms with Crippen molar-refractivity contribution in [2.45, 2.75) is 6.92 Å². The van der Waals surface area contributed by atoms with Crippen molar-refractivity contribution in [3.05, 3.63) is 42.4 Å². The Morgan fingerprint density at radius 3 is 3.00 bits per heavy atom. The molecule has 1 aromatic heterocycles. The Morgan fingerprint density at radius 1 is 1.42 bits per heavy atom. The van der Waals surface area contributed by atoms with Gasteiger partial charge in [-0.05, 0) is 19.1 Å². The van der Waals surface area contributed by atoms with E-state index in [9.17, 15) is 4.79 Å². The molecule has 0 saturated heterocycles. The van der Waals surface area contributed by atoms with Gasteiger partial charge in [0.25, 0.3) is 0 Å². The molecule has 0 aliphatic carbocycles. The van der Waals surface area contributed by atoms with Crippen LogP contribution in [0.25, 0.3) is 0 Å². The number of rotatable bonds is 5. The fraction of sp³-hybridized carbons (Fsp3) is 0.154. The largest absolute Gasteiger partial charge is 0.494 e. The zero-order chi connectivity index (χ0) is 13.7. The van der Waals surface area contributed by atoms with E-state index in [-0.39, 0.29) is 5.69 Å². The van der Waals surface area contributed by atoms with E-state index < -0.39 is 5.97 Å². The molecule has 0 unspecified atom stereocenters. The SMILES string of the molecule is CCOc1cccc(Nc2cncc(C(=O)O)n2)c1. The molecule has 1 aromatic carbocycles. The van der Waals surface area contributed by atoms with Crippen LogP contribution in [-0.2, 0) is 0 Å². The number of aromatic nitrogens is 2. The summed E-state index contributed by atoms with van der Waals surface area (Å²) in [4.78, 5) is 18.5. The maximum atomic E-state index is 10.8. The maximum Gasteiger partial charge on any atom is 0.356 e. The van der Waals surface area contributed by atoms with Crippen LogP contribution in [0, 0.1) is 0 Å². The quantitative estimate of drug-likeness (QED) is 0.857. The number of nitrogens with one attached hydrogen (secondary N) is 1. The number of ether oxygens (including phenoxy) is 1. The molecular formula is C13H13N3O3. The average molecular weight is 259 g/mol. The van der Waals surface area contributed by atoms with E-state index in [1.165, 1.54) is 12.4 Å². The summed E-state index contributed by atoms with van der Waals surface area (Å²) in [7, 11) is 0. The third-order valence-electron chi connectivity index (χ3n) is 2.27. The molecule has 0 fully saturated rings. The van der Waals surface area contributed by atoms with Crippen LogP contribution in [-0.4, -0.2) is 27.7 Å². The van der Waals surface area contributed by atoms with Crippen LogP contribution in [0.4, 0.5) is 11.5 Å². The van der Waals surface area contributed by atoms with Gasteiger partial charge in [-0.3, -0.25) is 4.98 Å². The monoisotopic (exact) mass is 259 g/mol. The number of carboxylic acids is 1. The summed E-state index contributed by atoms with van der Waals surface area (Å²) in [6, 6.07) is 7.31. The highest BCUT2D eigenvalue weighted by Gasteiger charge is 2.06. The third-order valence-corrected chi connectivity index (χ3v) is 2.27. The second-order valence-corrected chi connectivity index (χ2v) is 3.68. The lowest BCUT2D eigenvalue weighted by atomic mass is 10.3. The molecule has 0 radical (unpaired) electrons. The van der Waals surface area contributed by atoms with E-state index >= 15 is 0 Å². The molecule has 0 bridgehead atoms. The number of carbonyl (C=O) groups is 1. The fourth-order valence-electron chi connectivity index (χ4n) is 1.51. The third kappa shape index (κ3) is 3.41. The Bertz CT molecular complexity index is 587. The molecule has 6 nitrogen and oxygen atoms in total. The molecule has 6 heteroatoms. The van der Waals surface area contributed by atoms with E-state index in [1.807, 2.05) is 25.1 Å². The normalized spacial score (nSPS) is 9.95. The number of benzene rings is 1. The molecule has 19 heavy (non-hydrogen) atoms. The molecule has 1 heterocycles. The number of hydrogen-bond acceptors (Lipinski definition) is 5. The summed E-state index contributed by atoms with van der Waals surface area (Å²) in [6.45, 7) is 2.49. The Hall–Kier alpha value is -2.63. The minimum Gasteiger partial charge on any atom is -0.494 e. The lowest BCUT2D eigenvalue weighted by molar-refractivity contribution is 0.0690. The van der Waals surface area contributed by atoms with E-state index in [2.05, 4.69) is 15.3 Å². The molecule has 2 aromatic rings. The van der Waals surface area contributed by atoms with Crippen molar-refractivity contribution < 1.29 is 14.6 Å². The number of hydrogen-bond donors (Lipinski definition) is 2. The summed E-state index contributed by atoms with van der Waals surface area (Å²) in [5.74, 6) is -0.0115. The average Bonchev–Trinajstić information content (AvgIpc) is 2.40. The van der Waals surface area contributed by atoms with Crippen molar-refractivity contribution in [2.24, 2.45) is 0 Å². The van der Waals surface area contributed by atoms with Gasteiger partial charge >= 0.3 is 5.97 Å². The van der Waals surface area contributed by atoms with Crippen molar-refractivity contribution in [1.29, 1.82) is 0 Å². The van der Waals surface area contributed by atoms with Gasteiger partial charge in [-0.1, -0.05) is 6.07 Å². The van der Waals surface area contributed by atoms with Crippen LogP contribution >= 0.6 is 0 Å². The molecule has 2 N–H and O–H groups in total. The minimum absolute atomic E-state index is 0.106. The fourth-order valence-corrected chi connectivity index (χ4v) is 1.51. The van der Waals surface area contributed by atoms with Gasteiger partial charge in [0.1, 0.15) is 11.6 Å². The van der Waals surface area contributed by atoms with Crippen LogP contribution in [0.2, 0.25) is 0 Å². The highest BCUT2D eigenvalue weighted by molar-refractivity contribution is 5.85. The van der Waals surface area contributed by atoms with Crippen molar-refractivity contribution in [3.8, 4) is 5.75 Å². The van der Waals surface area contributed by atoms with Crippen LogP contribution in [0.5, 0.6) is 5.75 Å². The highest BCUT2D eigenvalue weighted by atomic mass is 16.5. The van der Waals surface area contributed by atoms with E-state index in [4.69, 9.17) is 9.84 Å². The van der Waals surface area contributed by atoms with Gasteiger partial charge in [0.15, 0.2) is 5.69 Å². The molecule has 0 saturated carbocycles. The lowest BCUT2D eigenvalue weighted by Gasteiger charge is -2.08. The molecule has 0 aliphatic rings. The van der Waals surface area contributed by atoms with Crippen molar-refractivity contribution >= 4 is 17.5 Å². The summed E-state index contributed by atoms with van der Waals surface area (Å²) in [5, 5.41) is 11.8. The number of carboxylic acid groups (broad SMARTS) is 1. The topological polar surface area (TPSA) is 84.3 Å². The van der Waals surface area contributed by atoms with Gasteiger partial charge < -0.3 is 15.2 Å². The second-order valence-electron chi connectivity index (χ2n) is 3.68. The molecule has 0 aliphatic heterocycles. The summed E-state index contributed by atoms with van der Waals surface area (Å²) >= 11 is 0. The zero-order valence-electron chi connectivity index (χ0n) is 10.3. The van der Waals surface area contributed by atoms with E-state index in [0.717, 1.165) is 11.4 Å². The van der Waals surface area contributed by atoms with Crippen LogP contribution in [0.3, 0.4) is 0 Å². The van der Waals surface area contributed by atoms with Gasteiger partial charge in [0.2, 0.25) is 0 Å². The Balaban J connectivity index is 2.18. The van der Waals surface area contributed by atoms with E-state index in [1.54, 1.807) is 6.07 Å². The molecule has 2 rings (SSSR count). The molecule has 0 spiro atoms. The van der Waals surface area contributed by atoms with Crippen LogP contribution in [0.1, 0.15) is 17.4 Å². The van der Waals surface area contributed by atoms with Gasteiger partial charge in [-0.2, -0.15) is 0 Å². The Kier molecular flexibility index (Phi) is 3.92. The van der Waals surface area contributed by atoms with Gasteiger partial charge in [-0.15, -0.1) is 0 Å². The summed E-state index contributed by atoms with van der Waals surface area (Å²) < 4.78 is 5.38. The first kappa shape index (κ1) is 12.8. The molecule has 98 valence electrons. The number of nitrogens with zero attached hydrogens (tertiary/aromatic N) is 2. The zero-order valence-corrected chi connectivity index (χ0v) is 10.3. The molecular weight excluding hydrogens is 246 g/mol. The summed E-state index contributed by atoms with van der Waals surface area (Å²) in [6.07, 6.45) is 2.66. The van der Waals surface area contributed by atoms with Gasteiger partial charge in [0.05, 0.1) is 19.0 Å². The smallest absolute Gasteiger partial charge is 0.356 e. The van der Waals surface area contributed by atoms with Crippen molar-refractivity contribution in [1.82, 2.24) is 9.97 Å². The first-order valence-corrected chi connectivity index (χ1v) is 5.74. The standard InChI is InChI=1S/C13H13N3O3/c1-2-19-10-5-3-4-9(6-10)15-12-8-14-7-11(16-12)13(17)18/h3-8H,2H2,1H3,(H,15,16)(H,17,18). The Labute approximate surface area is 110 Å². The predicted octanol–water partition coefficient (Wildman–Crippen LogP) is 2.32.